The number of carbonyl (C=O) groups is 1. The molecular formula is C22H16Cl2N2O2. The van der Waals surface area contributed by atoms with Crippen LogP contribution in [-0.4, -0.2) is 11.0 Å². The van der Waals surface area contributed by atoms with Crippen LogP contribution in [0.4, 0.5) is 5.69 Å². The Balaban J connectivity index is 1.90. The Labute approximate surface area is 173 Å². The SMILES string of the molecule is Cc1cc(C(C#N)c2ccc(Cl)cc2)c(Cl)cc1NC(=O)c1ccc(O)cc1. The number of carbonyl (C=O) groups excluding carboxylic acids is 1. The number of nitrogens with zero attached hydrogens (tertiary/aromatic N) is 1. The Hall–Kier alpha value is -3.00. The third-order valence-corrected chi connectivity index (χ3v) is 4.94. The number of phenols is 1. The number of hydrogen-bond donors (Lipinski definition) is 2. The molecular weight excluding hydrogens is 395 g/mol. The summed E-state index contributed by atoms with van der Waals surface area (Å²) in [6.45, 7) is 1.84. The number of rotatable bonds is 4. The van der Waals surface area contributed by atoms with Crippen LogP contribution >= 0.6 is 23.2 Å². The summed E-state index contributed by atoms with van der Waals surface area (Å²) in [7, 11) is 0. The van der Waals surface area contributed by atoms with Crippen LogP contribution in [-0.2, 0) is 0 Å². The molecule has 1 amide bonds. The minimum atomic E-state index is -0.551. The molecule has 140 valence electrons. The second-order valence-corrected chi connectivity index (χ2v) is 7.15. The highest BCUT2D eigenvalue weighted by atomic mass is 35.5. The Morgan fingerprint density at radius 2 is 1.71 bits per heavy atom. The van der Waals surface area contributed by atoms with E-state index in [1.807, 2.05) is 6.92 Å². The zero-order valence-electron chi connectivity index (χ0n) is 14.9. The van der Waals surface area contributed by atoms with Gasteiger partial charge in [0.25, 0.3) is 5.91 Å². The average Bonchev–Trinajstić information content (AvgIpc) is 2.68. The molecule has 1 atom stereocenters. The third kappa shape index (κ3) is 4.28. The Morgan fingerprint density at radius 1 is 1.07 bits per heavy atom. The fraction of sp³-hybridized carbons (Fsp3) is 0.0909. The van der Waals surface area contributed by atoms with E-state index in [9.17, 15) is 15.2 Å². The van der Waals surface area contributed by atoms with Crippen molar-refractivity contribution in [2.75, 3.05) is 5.32 Å². The van der Waals surface area contributed by atoms with Crippen molar-refractivity contribution in [3.8, 4) is 11.8 Å². The van der Waals surface area contributed by atoms with E-state index in [4.69, 9.17) is 23.2 Å². The number of aromatic hydroxyl groups is 1. The standard InChI is InChI=1S/C22H16Cl2N2O2/c1-13-10-18(19(12-25)14-2-6-16(23)7-3-14)20(24)11-21(13)26-22(28)15-4-8-17(27)9-5-15/h2-11,19,27H,1H3,(H,26,28). The van der Waals surface area contributed by atoms with Gasteiger partial charge >= 0.3 is 0 Å². The minimum Gasteiger partial charge on any atom is -0.508 e. The van der Waals surface area contributed by atoms with Gasteiger partial charge in [0.2, 0.25) is 0 Å². The number of nitrogens with one attached hydrogen (secondary N) is 1. The van der Waals surface area contributed by atoms with Crippen molar-refractivity contribution in [2.24, 2.45) is 0 Å². The smallest absolute Gasteiger partial charge is 0.255 e. The highest BCUT2D eigenvalue weighted by molar-refractivity contribution is 6.32. The van der Waals surface area contributed by atoms with Gasteiger partial charge in [0.15, 0.2) is 0 Å². The first-order valence-corrected chi connectivity index (χ1v) is 9.20. The molecule has 6 heteroatoms. The van der Waals surface area contributed by atoms with E-state index in [0.29, 0.717) is 26.9 Å². The molecule has 0 fully saturated rings. The molecule has 0 radical (unpaired) electrons. The Morgan fingerprint density at radius 3 is 2.32 bits per heavy atom. The quantitative estimate of drug-likeness (QED) is 0.560. The Kier molecular flexibility index (Phi) is 5.89. The predicted molar refractivity (Wildman–Crippen MR) is 111 cm³/mol. The second-order valence-electron chi connectivity index (χ2n) is 6.30. The largest absolute Gasteiger partial charge is 0.508 e. The van der Waals surface area contributed by atoms with Gasteiger partial charge in [-0.2, -0.15) is 5.26 Å². The number of amides is 1. The summed E-state index contributed by atoms with van der Waals surface area (Å²) >= 11 is 12.4. The lowest BCUT2D eigenvalue weighted by Gasteiger charge is -2.16. The summed E-state index contributed by atoms with van der Waals surface area (Å²) in [4.78, 5) is 12.4. The van der Waals surface area contributed by atoms with Crippen molar-refractivity contribution in [1.82, 2.24) is 0 Å². The third-order valence-electron chi connectivity index (χ3n) is 4.36. The summed E-state index contributed by atoms with van der Waals surface area (Å²) < 4.78 is 0. The van der Waals surface area contributed by atoms with Crippen molar-refractivity contribution >= 4 is 34.8 Å². The molecule has 28 heavy (non-hydrogen) atoms. The van der Waals surface area contributed by atoms with Gasteiger partial charge < -0.3 is 10.4 Å². The van der Waals surface area contributed by atoms with E-state index < -0.39 is 5.92 Å². The molecule has 0 aliphatic carbocycles. The minimum absolute atomic E-state index is 0.0878. The summed E-state index contributed by atoms with van der Waals surface area (Å²) in [5, 5.41) is 22.8. The van der Waals surface area contributed by atoms with Gasteiger partial charge in [0.1, 0.15) is 5.75 Å². The molecule has 4 nitrogen and oxygen atoms in total. The zero-order chi connectivity index (χ0) is 20.3. The van der Waals surface area contributed by atoms with E-state index >= 15 is 0 Å². The van der Waals surface area contributed by atoms with Gasteiger partial charge in [-0.15, -0.1) is 0 Å². The molecule has 0 aromatic heterocycles. The van der Waals surface area contributed by atoms with Crippen molar-refractivity contribution in [1.29, 1.82) is 5.26 Å². The van der Waals surface area contributed by atoms with E-state index in [-0.39, 0.29) is 11.7 Å². The molecule has 0 spiro atoms. The molecule has 0 aliphatic heterocycles. The Bertz CT molecular complexity index is 1060. The fourth-order valence-electron chi connectivity index (χ4n) is 2.85. The fourth-order valence-corrected chi connectivity index (χ4v) is 3.24. The lowest BCUT2D eigenvalue weighted by atomic mass is 9.91. The van der Waals surface area contributed by atoms with Crippen LogP contribution in [0.2, 0.25) is 10.0 Å². The van der Waals surface area contributed by atoms with Crippen LogP contribution < -0.4 is 5.32 Å². The number of aryl methyl sites for hydroxylation is 1. The average molecular weight is 411 g/mol. The normalized spacial score (nSPS) is 11.5. The van der Waals surface area contributed by atoms with Crippen LogP contribution in [0.5, 0.6) is 5.75 Å². The summed E-state index contributed by atoms with van der Waals surface area (Å²) in [6, 6.07) is 18.7. The van der Waals surface area contributed by atoms with Crippen LogP contribution in [0.25, 0.3) is 0 Å². The molecule has 3 aromatic carbocycles. The van der Waals surface area contributed by atoms with E-state index in [2.05, 4.69) is 11.4 Å². The number of halogens is 2. The molecule has 0 saturated carbocycles. The van der Waals surface area contributed by atoms with Crippen molar-refractivity contribution in [3.63, 3.8) is 0 Å². The molecule has 0 heterocycles. The highest BCUT2D eigenvalue weighted by Gasteiger charge is 2.19. The molecule has 3 aromatic rings. The maximum atomic E-state index is 12.4. The zero-order valence-corrected chi connectivity index (χ0v) is 16.4. The van der Waals surface area contributed by atoms with Gasteiger partial charge in [-0.3, -0.25) is 4.79 Å². The highest BCUT2D eigenvalue weighted by Crippen LogP contribution is 2.34. The number of hydrogen-bond acceptors (Lipinski definition) is 3. The topological polar surface area (TPSA) is 73.1 Å². The predicted octanol–water partition coefficient (Wildman–Crippen LogP) is 5.92. The van der Waals surface area contributed by atoms with Crippen LogP contribution in [0, 0.1) is 18.3 Å². The van der Waals surface area contributed by atoms with Crippen LogP contribution in [0.15, 0.2) is 60.7 Å². The van der Waals surface area contributed by atoms with Crippen LogP contribution in [0.1, 0.15) is 33.0 Å². The molecule has 0 bridgehead atoms. The van der Waals surface area contributed by atoms with Gasteiger partial charge in [0, 0.05) is 21.3 Å². The number of phenolic OH excluding ortho intramolecular Hbond substituents is 1. The maximum absolute atomic E-state index is 12.4. The first kappa shape index (κ1) is 19.8. The lowest BCUT2D eigenvalue weighted by molar-refractivity contribution is 0.102. The van der Waals surface area contributed by atoms with Crippen molar-refractivity contribution < 1.29 is 9.90 Å². The van der Waals surface area contributed by atoms with Crippen molar-refractivity contribution in [3.05, 3.63) is 93.0 Å². The summed E-state index contributed by atoms with van der Waals surface area (Å²) in [6.07, 6.45) is 0. The molecule has 1 unspecified atom stereocenters. The summed E-state index contributed by atoms with van der Waals surface area (Å²) in [5.41, 5.74) is 3.19. The molecule has 3 rings (SSSR count). The van der Waals surface area contributed by atoms with E-state index in [1.165, 1.54) is 24.3 Å². The lowest BCUT2D eigenvalue weighted by Crippen LogP contribution is -2.13. The van der Waals surface area contributed by atoms with E-state index in [0.717, 1.165) is 11.1 Å². The summed E-state index contributed by atoms with van der Waals surface area (Å²) in [5.74, 6) is -0.781. The first-order valence-electron chi connectivity index (χ1n) is 8.44. The monoisotopic (exact) mass is 410 g/mol. The van der Waals surface area contributed by atoms with E-state index in [1.54, 1.807) is 36.4 Å². The molecule has 0 aliphatic rings. The maximum Gasteiger partial charge on any atom is 0.255 e. The van der Waals surface area contributed by atoms with Gasteiger partial charge in [-0.1, -0.05) is 41.4 Å². The second kappa shape index (κ2) is 8.35. The van der Waals surface area contributed by atoms with Gasteiger partial charge in [-0.25, -0.2) is 0 Å². The molecule has 0 saturated heterocycles. The van der Waals surface area contributed by atoms with Crippen molar-refractivity contribution in [2.45, 2.75) is 12.8 Å². The molecule has 2 N–H and O–H groups in total. The number of benzene rings is 3. The van der Waals surface area contributed by atoms with Crippen LogP contribution in [0.3, 0.4) is 0 Å². The first-order chi connectivity index (χ1) is 13.4. The number of anilines is 1. The number of nitriles is 1. The van der Waals surface area contributed by atoms with Gasteiger partial charge in [0.05, 0.1) is 12.0 Å². The van der Waals surface area contributed by atoms with Gasteiger partial charge in [-0.05, 0) is 66.1 Å².